The van der Waals surface area contributed by atoms with Gasteiger partial charge in [-0.05, 0) is 74.0 Å². The van der Waals surface area contributed by atoms with Crippen molar-refractivity contribution in [3.63, 3.8) is 0 Å². The zero-order valence-electron chi connectivity index (χ0n) is 27.8. The van der Waals surface area contributed by atoms with Gasteiger partial charge in [0.2, 0.25) is 0 Å². The van der Waals surface area contributed by atoms with Gasteiger partial charge in [0.1, 0.15) is 11.3 Å². The van der Waals surface area contributed by atoms with E-state index in [0.717, 1.165) is 50.1 Å². The summed E-state index contributed by atoms with van der Waals surface area (Å²) in [5, 5.41) is 20.0. The number of fused-ring (bicyclic) bond motifs is 4. The first-order chi connectivity index (χ1) is 24.8. The molecule has 8 nitrogen and oxygen atoms in total. The molecule has 51 heavy (non-hydrogen) atoms. The number of hydrogen-bond donors (Lipinski definition) is 4. The Balaban J connectivity index is 1.33. The van der Waals surface area contributed by atoms with Crippen LogP contribution in [0.25, 0.3) is 55.2 Å². The van der Waals surface area contributed by atoms with Gasteiger partial charge in [-0.3, -0.25) is 14.8 Å². The van der Waals surface area contributed by atoms with Crippen molar-refractivity contribution in [2.45, 2.75) is 31.8 Å². The molecule has 6 aromatic rings. The van der Waals surface area contributed by atoms with Gasteiger partial charge in [-0.2, -0.15) is 0 Å². The van der Waals surface area contributed by atoms with Gasteiger partial charge >= 0.3 is 5.97 Å². The lowest BCUT2D eigenvalue weighted by Crippen LogP contribution is -2.15. The second-order valence-electron chi connectivity index (χ2n) is 12.6. The van der Waals surface area contributed by atoms with Crippen LogP contribution in [0, 0.1) is 13.8 Å². The summed E-state index contributed by atoms with van der Waals surface area (Å²) >= 11 is 4.87. The van der Waals surface area contributed by atoms with Crippen LogP contribution >= 0.6 is 12.6 Å². The van der Waals surface area contributed by atoms with Gasteiger partial charge in [0.25, 0.3) is 0 Å². The summed E-state index contributed by atoms with van der Waals surface area (Å²) in [7, 11) is 0. The van der Waals surface area contributed by atoms with Gasteiger partial charge in [-0.25, -0.2) is 4.79 Å². The lowest BCUT2D eigenvalue weighted by molar-refractivity contribution is 0.0697. The molecule has 0 saturated heterocycles. The Labute approximate surface area is 298 Å². The third-order valence-electron chi connectivity index (χ3n) is 9.25. The summed E-state index contributed by atoms with van der Waals surface area (Å²) in [6.45, 7) is 4.37. The first-order valence-corrected chi connectivity index (χ1v) is 17.0. The Morgan fingerprint density at radius 3 is 1.98 bits per heavy atom. The van der Waals surface area contributed by atoms with Crippen LogP contribution in [0.3, 0.4) is 0 Å². The number of carbonyl (C=O) groups is 1. The van der Waals surface area contributed by atoms with Crippen LogP contribution < -0.4 is 16.1 Å². The monoisotopic (exact) mass is 688 g/mol. The van der Waals surface area contributed by atoms with E-state index in [0.29, 0.717) is 50.4 Å². The van der Waals surface area contributed by atoms with Crippen molar-refractivity contribution in [1.82, 2.24) is 9.97 Å². The maximum Gasteiger partial charge on any atom is 0.336 e. The standard InChI is InChI=1S/C42H32N4O4S/c1-23-13-15-25-7-5-11-33(38(25)45-23)43-21-31-35(47)19-17-29-37(27-9-3-4-10-28(27)42(48)49)30-18-20-36(51)32(41(30)50-40(29)31)22-44-34-12-6-8-26-16-14-24(2)46-39(26)34/h3-20,43-44,51H,21-22H2,1-2H3,(H,48,49). The molecule has 2 aliphatic rings. The van der Waals surface area contributed by atoms with Gasteiger partial charge in [-0.1, -0.05) is 54.6 Å². The summed E-state index contributed by atoms with van der Waals surface area (Å²) in [6.07, 6.45) is 0. The number of carboxylic acids is 1. The van der Waals surface area contributed by atoms with Crippen molar-refractivity contribution < 1.29 is 14.3 Å². The van der Waals surface area contributed by atoms with Crippen LogP contribution in [-0.4, -0.2) is 21.0 Å². The number of benzene rings is 5. The van der Waals surface area contributed by atoms with Crippen LogP contribution in [0.15, 0.2) is 123 Å². The minimum atomic E-state index is -1.06. The molecule has 4 aromatic carbocycles. The highest BCUT2D eigenvalue weighted by molar-refractivity contribution is 7.80. The van der Waals surface area contributed by atoms with E-state index in [1.54, 1.807) is 24.3 Å². The van der Waals surface area contributed by atoms with Crippen LogP contribution in [0.4, 0.5) is 11.4 Å². The second kappa shape index (κ2) is 12.9. The molecule has 0 bridgehead atoms. The molecule has 0 unspecified atom stereocenters. The summed E-state index contributed by atoms with van der Waals surface area (Å²) in [5.74, 6) is -0.690. The maximum atomic E-state index is 13.7. The topological polar surface area (TPSA) is 117 Å². The normalized spacial score (nSPS) is 11.4. The lowest BCUT2D eigenvalue weighted by atomic mass is 9.88. The van der Waals surface area contributed by atoms with E-state index in [2.05, 4.69) is 10.6 Å². The summed E-state index contributed by atoms with van der Waals surface area (Å²) in [4.78, 5) is 36.5. The number of aromatic nitrogens is 2. The number of anilines is 2. The van der Waals surface area contributed by atoms with Crippen molar-refractivity contribution in [2.75, 3.05) is 10.6 Å². The van der Waals surface area contributed by atoms with E-state index < -0.39 is 5.97 Å². The van der Waals surface area contributed by atoms with Crippen molar-refractivity contribution in [3.8, 4) is 22.5 Å². The van der Waals surface area contributed by atoms with Crippen LogP contribution in [0.2, 0.25) is 0 Å². The molecule has 0 amide bonds. The van der Waals surface area contributed by atoms with Gasteiger partial charge in [0.05, 0.1) is 33.5 Å². The van der Waals surface area contributed by atoms with Crippen molar-refractivity contribution in [2.24, 2.45) is 0 Å². The van der Waals surface area contributed by atoms with E-state index in [-0.39, 0.29) is 17.5 Å². The fraction of sp³-hybridized carbons (Fsp3) is 0.0952. The van der Waals surface area contributed by atoms with Crippen molar-refractivity contribution in [1.29, 1.82) is 0 Å². The molecule has 1 aliphatic heterocycles. The third kappa shape index (κ3) is 5.81. The Morgan fingerprint density at radius 2 is 1.33 bits per heavy atom. The highest BCUT2D eigenvalue weighted by Crippen LogP contribution is 2.44. The molecule has 2 aromatic heterocycles. The minimum Gasteiger partial charge on any atom is -0.478 e. The average Bonchev–Trinajstić information content (AvgIpc) is 3.13. The smallest absolute Gasteiger partial charge is 0.336 e. The zero-order valence-corrected chi connectivity index (χ0v) is 28.7. The van der Waals surface area contributed by atoms with Crippen molar-refractivity contribution >= 4 is 62.7 Å². The van der Waals surface area contributed by atoms with Gasteiger partial charge < -0.3 is 20.2 Å². The number of thiol groups is 1. The molecule has 0 fully saturated rings. The van der Waals surface area contributed by atoms with Crippen LogP contribution in [0.1, 0.15) is 32.9 Å². The highest BCUT2D eigenvalue weighted by atomic mass is 32.1. The Kier molecular flexibility index (Phi) is 8.12. The number of aryl methyl sites for hydroxylation is 2. The fourth-order valence-corrected chi connectivity index (χ4v) is 7.01. The Hall–Kier alpha value is -6.19. The Morgan fingerprint density at radius 1 is 0.706 bits per heavy atom. The molecule has 3 N–H and O–H groups in total. The predicted octanol–water partition coefficient (Wildman–Crippen LogP) is 9.49. The molecule has 250 valence electrons. The molecule has 0 spiro atoms. The molecular formula is C42H32N4O4S. The molecule has 9 heteroatoms. The molecule has 3 heterocycles. The molecule has 0 saturated carbocycles. The SMILES string of the molecule is Cc1ccc2cccc(NCc3c4oc5c(CNc6cccc7ccc(C)nc67)c(S)ccc5c(-c5ccccc5C(=O)O)c-4ccc3=O)c2n1. The van der Waals surface area contributed by atoms with Gasteiger partial charge in [-0.15, -0.1) is 12.6 Å². The molecule has 0 radical (unpaired) electrons. The number of nitrogens with one attached hydrogen (secondary N) is 2. The molecule has 8 rings (SSSR count). The number of rotatable bonds is 8. The fourth-order valence-electron chi connectivity index (χ4n) is 6.76. The van der Waals surface area contributed by atoms with Crippen molar-refractivity contribution in [3.05, 3.63) is 147 Å². The summed E-state index contributed by atoms with van der Waals surface area (Å²) in [6, 6.07) is 33.8. The maximum absolute atomic E-state index is 13.7. The third-order valence-corrected chi connectivity index (χ3v) is 9.67. The molecule has 0 atom stereocenters. The van der Waals surface area contributed by atoms with E-state index >= 15 is 0 Å². The molecular weight excluding hydrogens is 657 g/mol. The lowest BCUT2D eigenvalue weighted by Gasteiger charge is -2.21. The van der Waals surface area contributed by atoms with Gasteiger partial charge in [0.15, 0.2) is 5.43 Å². The van der Waals surface area contributed by atoms with E-state index in [9.17, 15) is 14.7 Å². The predicted molar refractivity (Wildman–Crippen MR) is 206 cm³/mol. The number of nitrogens with zero attached hydrogens (tertiary/aromatic N) is 2. The molecule has 1 aliphatic carbocycles. The first-order valence-electron chi connectivity index (χ1n) is 16.5. The minimum absolute atomic E-state index is 0.140. The highest BCUT2D eigenvalue weighted by Gasteiger charge is 2.26. The number of aromatic carboxylic acids is 1. The van der Waals surface area contributed by atoms with Gasteiger partial charge in [0, 0.05) is 62.2 Å². The first kappa shape index (κ1) is 32.0. The quantitative estimate of drug-likeness (QED) is 0.0922. The second-order valence-corrected chi connectivity index (χ2v) is 13.0. The van der Waals surface area contributed by atoms with E-state index in [4.69, 9.17) is 27.0 Å². The van der Waals surface area contributed by atoms with Crippen LogP contribution in [-0.2, 0) is 13.1 Å². The Bertz CT molecular complexity index is 2700. The average molecular weight is 689 g/mol. The van der Waals surface area contributed by atoms with Crippen LogP contribution in [0.5, 0.6) is 0 Å². The largest absolute Gasteiger partial charge is 0.478 e. The number of para-hydroxylation sites is 2. The summed E-state index contributed by atoms with van der Waals surface area (Å²) in [5.41, 5.74) is 8.45. The number of carboxylic acid groups (broad SMARTS) is 1. The number of pyridine rings is 2. The summed E-state index contributed by atoms with van der Waals surface area (Å²) < 4.78 is 6.82. The van der Waals surface area contributed by atoms with E-state index in [1.165, 1.54) is 6.07 Å². The zero-order chi connectivity index (χ0) is 35.2. The van der Waals surface area contributed by atoms with E-state index in [1.807, 2.05) is 92.7 Å². The number of hydrogen-bond acceptors (Lipinski definition) is 8.